The number of carbonyl (C=O) groups excluding carboxylic acids is 1. The molecule has 0 aliphatic rings. The van der Waals surface area contributed by atoms with Gasteiger partial charge < -0.3 is 30.3 Å². The van der Waals surface area contributed by atoms with Crippen LogP contribution in [0.5, 0.6) is 0 Å². The van der Waals surface area contributed by atoms with E-state index in [-0.39, 0.29) is 6.29 Å². The SMILES string of the molecule is [2H][C@](O)(C=O)[C@@H](O)[C@H](O)[C@H](O)CO. The molecular formula is C6H12O6. The Hall–Kier alpha value is -0.530. The highest BCUT2D eigenvalue weighted by atomic mass is 16.4. The van der Waals surface area contributed by atoms with Gasteiger partial charge in [-0.15, -0.1) is 0 Å². The molecule has 6 nitrogen and oxygen atoms in total. The zero-order valence-electron chi connectivity index (χ0n) is 7.16. The molecule has 0 saturated heterocycles. The van der Waals surface area contributed by atoms with Gasteiger partial charge in [0.25, 0.3) is 0 Å². The van der Waals surface area contributed by atoms with Crippen LogP contribution >= 0.6 is 0 Å². The van der Waals surface area contributed by atoms with Crippen molar-refractivity contribution in [2.75, 3.05) is 6.61 Å². The van der Waals surface area contributed by atoms with E-state index in [0.29, 0.717) is 0 Å². The van der Waals surface area contributed by atoms with Crippen LogP contribution in [0.1, 0.15) is 1.37 Å². The Morgan fingerprint density at radius 3 is 2.08 bits per heavy atom. The van der Waals surface area contributed by atoms with Gasteiger partial charge in [0, 0.05) is 0 Å². The highest BCUT2D eigenvalue weighted by Gasteiger charge is 2.29. The minimum absolute atomic E-state index is 0.287. The van der Waals surface area contributed by atoms with Gasteiger partial charge in [0.15, 0.2) is 6.29 Å². The van der Waals surface area contributed by atoms with Gasteiger partial charge in [0.2, 0.25) is 0 Å². The van der Waals surface area contributed by atoms with Crippen LogP contribution in [0.2, 0.25) is 0 Å². The molecule has 0 radical (unpaired) electrons. The maximum absolute atomic E-state index is 10.0. The number of carbonyl (C=O) groups is 1. The van der Waals surface area contributed by atoms with E-state index in [2.05, 4.69) is 0 Å². The van der Waals surface area contributed by atoms with Crippen LogP contribution in [-0.2, 0) is 4.79 Å². The van der Waals surface area contributed by atoms with Crippen molar-refractivity contribution in [3.8, 4) is 0 Å². The molecule has 0 aliphatic carbocycles. The third-order valence-electron chi connectivity index (χ3n) is 1.33. The molecule has 0 aliphatic heterocycles. The number of aliphatic hydroxyl groups excluding tert-OH is 4. The van der Waals surface area contributed by atoms with E-state index in [1.807, 2.05) is 0 Å². The lowest BCUT2D eigenvalue weighted by molar-refractivity contribution is -0.136. The van der Waals surface area contributed by atoms with E-state index in [0.717, 1.165) is 0 Å². The molecule has 12 heavy (non-hydrogen) atoms. The third-order valence-corrected chi connectivity index (χ3v) is 1.33. The zero-order chi connectivity index (χ0) is 10.6. The number of rotatable bonds is 5. The quantitative estimate of drug-likeness (QED) is 0.282. The highest BCUT2D eigenvalue weighted by Crippen LogP contribution is 2.02. The van der Waals surface area contributed by atoms with Gasteiger partial charge in [-0.1, -0.05) is 0 Å². The van der Waals surface area contributed by atoms with Gasteiger partial charge in [0.1, 0.15) is 24.4 Å². The molecule has 0 heterocycles. The predicted molar refractivity (Wildman–Crippen MR) is 37.2 cm³/mol. The molecule has 0 saturated carbocycles. The summed E-state index contributed by atoms with van der Waals surface area (Å²) in [7, 11) is 0. The van der Waals surface area contributed by atoms with E-state index in [1.54, 1.807) is 0 Å². The van der Waals surface area contributed by atoms with Crippen LogP contribution < -0.4 is 0 Å². The average Bonchev–Trinajstić information content (AvgIpc) is 2.14. The van der Waals surface area contributed by atoms with Crippen molar-refractivity contribution in [1.82, 2.24) is 0 Å². The first-order chi connectivity index (χ1) is 5.86. The summed E-state index contributed by atoms with van der Waals surface area (Å²) < 4.78 is 6.76. The van der Waals surface area contributed by atoms with Crippen molar-refractivity contribution < 1.29 is 31.7 Å². The third kappa shape index (κ3) is 2.84. The van der Waals surface area contributed by atoms with Crippen molar-refractivity contribution in [1.29, 1.82) is 0 Å². The number of hydrogen-bond donors (Lipinski definition) is 5. The molecule has 72 valence electrons. The van der Waals surface area contributed by atoms with E-state index in [9.17, 15) is 4.79 Å². The minimum Gasteiger partial charge on any atom is -0.394 e. The lowest BCUT2D eigenvalue weighted by Crippen LogP contribution is -2.46. The Morgan fingerprint density at radius 2 is 1.75 bits per heavy atom. The number of aliphatic hydroxyl groups is 5. The number of hydrogen-bond acceptors (Lipinski definition) is 6. The fourth-order valence-corrected chi connectivity index (χ4v) is 0.563. The fraction of sp³-hybridized carbons (Fsp3) is 0.833. The summed E-state index contributed by atoms with van der Waals surface area (Å²) >= 11 is 0. The molecule has 0 aromatic carbocycles. The van der Waals surface area contributed by atoms with Crippen LogP contribution in [0.4, 0.5) is 0 Å². The molecule has 0 aromatic rings. The summed E-state index contributed by atoms with van der Waals surface area (Å²) in [5.41, 5.74) is 0. The second-order valence-corrected chi connectivity index (χ2v) is 2.23. The first kappa shape index (κ1) is 9.56. The van der Waals surface area contributed by atoms with Gasteiger partial charge in [-0.05, 0) is 0 Å². The molecule has 0 bridgehead atoms. The standard InChI is InChI=1S/C6H12O6/c7-1-3(9)5(11)6(12)4(10)2-8/h1,3-6,8-12H,2H2/t3-,4+,5+,6+/m0/s1/i3D. The summed E-state index contributed by atoms with van der Waals surface area (Å²) in [5, 5.41) is 43.8. The van der Waals surface area contributed by atoms with Crippen molar-refractivity contribution >= 4 is 6.29 Å². The molecular weight excluding hydrogens is 168 g/mol. The van der Waals surface area contributed by atoms with Gasteiger partial charge in [-0.3, -0.25) is 0 Å². The Bertz CT molecular complexity index is 173. The second-order valence-electron chi connectivity index (χ2n) is 2.23. The van der Waals surface area contributed by atoms with E-state index in [4.69, 9.17) is 26.9 Å². The van der Waals surface area contributed by atoms with Crippen LogP contribution in [0.3, 0.4) is 0 Å². The van der Waals surface area contributed by atoms with Gasteiger partial charge in [0.05, 0.1) is 7.98 Å². The monoisotopic (exact) mass is 181 g/mol. The second kappa shape index (κ2) is 5.18. The maximum Gasteiger partial charge on any atom is 0.151 e. The largest absolute Gasteiger partial charge is 0.394 e. The van der Waals surface area contributed by atoms with Crippen LogP contribution in [0, 0.1) is 0 Å². The lowest BCUT2D eigenvalue weighted by atomic mass is 10.0. The normalized spacial score (nSPS) is 24.9. The molecule has 5 N–H and O–H groups in total. The lowest BCUT2D eigenvalue weighted by Gasteiger charge is -2.22. The summed E-state index contributed by atoms with van der Waals surface area (Å²) in [6.45, 7) is -0.854. The van der Waals surface area contributed by atoms with Crippen molar-refractivity contribution in [3.63, 3.8) is 0 Å². The Balaban J connectivity index is 4.40. The average molecular weight is 181 g/mol. The van der Waals surface area contributed by atoms with E-state index >= 15 is 0 Å². The summed E-state index contributed by atoms with van der Waals surface area (Å²) in [4.78, 5) is 10.0. The molecule has 0 fully saturated rings. The van der Waals surface area contributed by atoms with E-state index < -0.39 is 31.0 Å². The van der Waals surface area contributed by atoms with Crippen molar-refractivity contribution in [2.24, 2.45) is 0 Å². The molecule has 0 aromatic heterocycles. The van der Waals surface area contributed by atoms with Gasteiger partial charge in [-0.2, -0.15) is 0 Å². The van der Waals surface area contributed by atoms with Gasteiger partial charge in [-0.25, -0.2) is 0 Å². The molecule has 0 amide bonds. The molecule has 0 unspecified atom stereocenters. The van der Waals surface area contributed by atoms with Crippen molar-refractivity contribution in [2.45, 2.75) is 24.4 Å². The summed E-state index contributed by atoms with van der Waals surface area (Å²) in [6, 6.07) is 0. The minimum atomic E-state index is -2.89. The van der Waals surface area contributed by atoms with Crippen LogP contribution in [0.15, 0.2) is 0 Å². The predicted octanol–water partition coefficient (Wildman–Crippen LogP) is -3.38. The topological polar surface area (TPSA) is 118 Å². The molecule has 6 heteroatoms. The zero-order valence-corrected chi connectivity index (χ0v) is 6.16. The Morgan fingerprint density at radius 1 is 1.25 bits per heavy atom. The first-order valence-corrected chi connectivity index (χ1v) is 3.20. The number of aldehydes is 1. The smallest absolute Gasteiger partial charge is 0.151 e. The van der Waals surface area contributed by atoms with Crippen molar-refractivity contribution in [3.05, 3.63) is 0 Å². The fourth-order valence-electron chi connectivity index (χ4n) is 0.563. The van der Waals surface area contributed by atoms with Gasteiger partial charge >= 0.3 is 0 Å². The van der Waals surface area contributed by atoms with Crippen LogP contribution in [-0.4, -0.2) is 62.8 Å². The Kier molecular flexibility index (Phi) is 4.12. The van der Waals surface area contributed by atoms with E-state index in [1.165, 1.54) is 0 Å². The Labute approximate surface area is 70.1 Å². The summed E-state index contributed by atoms with van der Waals surface area (Å²) in [6.07, 6.45) is -9.03. The van der Waals surface area contributed by atoms with Crippen LogP contribution in [0.25, 0.3) is 0 Å². The molecule has 0 rings (SSSR count). The summed E-state index contributed by atoms with van der Waals surface area (Å²) in [5.74, 6) is 0. The molecule has 0 spiro atoms. The molecule has 4 atom stereocenters. The highest BCUT2D eigenvalue weighted by molar-refractivity contribution is 5.56. The maximum atomic E-state index is 10.0. The first-order valence-electron chi connectivity index (χ1n) is 3.70.